The lowest BCUT2D eigenvalue weighted by molar-refractivity contribution is -0.137. The number of alkyl halides is 3. The maximum Gasteiger partial charge on any atom is 0.416 e. The zero-order valence-electron chi connectivity index (χ0n) is 17.3. The minimum absolute atomic E-state index is 0.110. The number of nitrogens with one attached hydrogen (secondary N) is 1. The van der Waals surface area contributed by atoms with Crippen LogP contribution in [0.3, 0.4) is 0 Å². The van der Waals surface area contributed by atoms with Crippen LogP contribution in [0.25, 0.3) is 6.08 Å². The first kappa shape index (κ1) is 23.8. The standard InChI is InChI=1S/C22H21F3N2O4S/c1-30-20(31-2)12-26-19(28)13-27-16-5-3-4-6-17(16)32-18(21(27)29)11-14-7-9-15(10-8-14)22(23,24)25/h3-11,20H,12-13H2,1-2H3,(H,26,28). The Hall–Kier alpha value is -2.82. The predicted molar refractivity (Wildman–Crippen MR) is 115 cm³/mol. The summed E-state index contributed by atoms with van der Waals surface area (Å²) < 4.78 is 48.5. The fourth-order valence-corrected chi connectivity index (χ4v) is 4.06. The molecule has 0 spiro atoms. The Morgan fingerprint density at radius 1 is 1.12 bits per heavy atom. The molecule has 0 aromatic heterocycles. The summed E-state index contributed by atoms with van der Waals surface area (Å²) in [6, 6.07) is 11.6. The van der Waals surface area contributed by atoms with Gasteiger partial charge < -0.3 is 14.8 Å². The van der Waals surface area contributed by atoms with Crippen LogP contribution in [0.1, 0.15) is 11.1 Å². The van der Waals surface area contributed by atoms with Gasteiger partial charge in [-0.2, -0.15) is 13.2 Å². The third-order valence-electron chi connectivity index (χ3n) is 4.66. The van der Waals surface area contributed by atoms with Crippen molar-refractivity contribution in [3.05, 3.63) is 64.6 Å². The average molecular weight is 466 g/mol. The van der Waals surface area contributed by atoms with Crippen LogP contribution in [0.15, 0.2) is 58.3 Å². The second-order valence-electron chi connectivity index (χ2n) is 6.79. The second-order valence-corrected chi connectivity index (χ2v) is 7.88. The molecule has 2 aromatic rings. The number of methoxy groups -OCH3 is 2. The summed E-state index contributed by atoms with van der Waals surface area (Å²) in [7, 11) is 2.89. The Balaban J connectivity index is 1.83. The van der Waals surface area contributed by atoms with E-state index < -0.39 is 29.8 Å². The summed E-state index contributed by atoms with van der Waals surface area (Å²) in [5, 5.41) is 2.65. The number of anilines is 1. The topological polar surface area (TPSA) is 67.9 Å². The van der Waals surface area contributed by atoms with Crippen LogP contribution in [0.4, 0.5) is 18.9 Å². The maximum absolute atomic E-state index is 13.1. The van der Waals surface area contributed by atoms with Gasteiger partial charge in [0.15, 0.2) is 6.29 Å². The number of hydrogen-bond acceptors (Lipinski definition) is 5. The number of carbonyl (C=O) groups is 2. The minimum Gasteiger partial charge on any atom is -0.354 e. The number of thioether (sulfide) groups is 1. The van der Waals surface area contributed by atoms with Gasteiger partial charge in [-0.05, 0) is 35.9 Å². The first-order valence-electron chi connectivity index (χ1n) is 9.53. The van der Waals surface area contributed by atoms with Gasteiger partial charge >= 0.3 is 6.18 Å². The molecule has 0 fully saturated rings. The van der Waals surface area contributed by atoms with Gasteiger partial charge in [-0.25, -0.2) is 0 Å². The highest BCUT2D eigenvalue weighted by molar-refractivity contribution is 8.04. The molecule has 2 amide bonds. The molecule has 0 aliphatic carbocycles. The van der Waals surface area contributed by atoms with E-state index in [4.69, 9.17) is 9.47 Å². The number of halogens is 3. The van der Waals surface area contributed by atoms with Gasteiger partial charge in [0.2, 0.25) is 5.91 Å². The summed E-state index contributed by atoms with van der Waals surface area (Å²) in [4.78, 5) is 28.0. The predicted octanol–water partition coefficient (Wildman–Crippen LogP) is 3.92. The van der Waals surface area contributed by atoms with Crippen LogP contribution in [0, 0.1) is 0 Å². The van der Waals surface area contributed by atoms with Gasteiger partial charge in [-0.1, -0.05) is 36.0 Å². The lowest BCUT2D eigenvalue weighted by Crippen LogP contribution is -2.44. The van der Waals surface area contributed by atoms with E-state index in [2.05, 4.69) is 5.32 Å². The Kier molecular flexibility index (Phi) is 7.60. The molecule has 1 N–H and O–H groups in total. The van der Waals surface area contributed by atoms with Crippen LogP contribution < -0.4 is 10.2 Å². The minimum atomic E-state index is -4.44. The van der Waals surface area contributed by atoms with Crippen molar-refractivity contribution >= 4 is 35.3 Å². The number of ether oxygens (including phenoxy) is 2. The molecule has 0 unspecified atom stereocenters. The first-order chi connectivity index (χ1) is 15.2. The van der Waals surface area contributed by atoms with Crippen LogP contribution in [-0.4, -0.2) is 45.4 Å². The number of benzene rings is 2. The molecule has 10 heteroatoms. The van der Waals surface area contributed by atoms with Crippen molar-refractivity contribution in [1.82, 2.24) is 5.32 Å². The smallest absolute Gasteiger partial charge is 0.354 e. The number of para-hydroxylation sites is 1. The van der Waals surface area contributed by atoms with E-state index in [0.29, 0.717) is 16.2 Å². The molecule has 3 rings (SSSR count). The normalized spacial score (nSPS) is 15.2. The number of hydrogen-bond donors (Lipinski definition) is 1. The molecule has 0 saturated carbocycles. The van der Waals surface area contributed by atoms with E-state index in [0.717, 1.165) is 17.0 Å². The molecule has 1 aliphatic heterocycles. The van der Waals surface area contributed by atoms with Gasteiger partial charge in [0.1, 0.15) is 6.54 Å². The molecule has 1 aliphatic rings. The molecular formula is C22H21F3N2O4S. The van der Waals surface area contributed by atoms with Crippen LogP contribution in [0.5, 0.6) is 0 Å². The van der Waals surface area contributed by atoms with Crippen molar-refractivity contribution in [3.63, 3.8) is 0 Å². The van der Waals surface area contributed by atoms with Gasteiger partial charge in [0.25, 0.3) is 5.91 Å². The Labute approximate surface area is 187 Å². The average Bonchev–Trinajstić information content (AvgIpc) is 2.77. The zero-order chi connectivity index (χ0) is 23.3. The molecule has 0 atom stereocenters. The molecule has 0 bridgehead atoms. The van der Waals surface area contributed by atoms with Crippen molar-refractivity contribution in [2.24, 2.45) is 0 Å². The lowest BCUT2D eigenvalue weighted by Gasteiger charge is -2.30. The third kappa shape index (κ3) is 5.70. The Morgan fingerprint density at radius 3 is 2.41 bits per heavy atom. The molecular weight excluding hydrogens is 445 g/mol. The van der Waals surface area contributed by atoms with Crippen molar-refractivity contribution in [3.8, 4) is 0 Å². The maximum atomic E-state index is 13.1. The number of amides is 2. The van der Waals surface area contributed by atoms with Crippen molar-refractivity contribution in [1.29, 1.82) is 0 Å². The molecule has 1 heterocycles. The van der Waals surface area contributed by atoms with E-state index >= 15 is 0 Å². The third-order valence-corrected chi connectivity index (χ3v) is 5.74. The fraction of sp³-hybridized carbons (Fsp3) is 0.273. The fourth-order valence-electron chi connectivity index (χ4n) is 3.00. The molecule has 6 nitrogen and oxygen atoms in total. The second kappa shape index (κ2) is 10.2. The largest absolute Gasteiger partial charge is 0.416 e. The van der Waals surface area contributed by atoms with Gasteiger partial charge in [0.05, 0.1) is 22.7 Å². The quantitative estimate of drug-likeness (QED) is 0.495. The SMILES string of the molecule is COC(CNC(=O)CN1C(=O)C(=Cc2ccc(C(F)(F)F)cc2)Sc2ccccc21)OC. The van der Waals surface area contributed by atoms with E-state index in [-0.39, 0.29) is 13.1 Å². The van der Waals surface area contributed by atoms with Crippen molar-refractivity contribution < 1.29 is 32.2 Å². The van der Waals surface area contributed by atoms with E-state index in [1.165, 1.54) is 49.1 Å². The summed E-state index contributed by atoms with van der Waals surface area (Å²) in [6.07, 6.45) is -3.54. The van der Waals surface area contributed by atoms with Crippen LogP contribution >= 0.6 is 11.8 Å². The molecule has 0 saturated heterocycles. The lowest BCUT2D eigenvalue weighted by atomic mass is 10.1. The highest BCUT2D eigenvalue weighted by atomic mass is 32.2. The van der Waals surface area contributed by atoms with Gasteiger partial charge in [-0.15, -0.1) is 0 Å². The Bertz CT molecular complexity index is 1000. The van der Waals surface area contributed by atoms with Gasteiger partial charge in [-0.3, -0.25) is 14.5 Å². The number of fused-ring (bicyclic) bond motifs is 1. The van der Waals surface area contributed by atoms with E-state index in [1.54, 1.807) is 18.2 Å². The molecule has 32 heavy (non-hydrogen) atoms. The van der Waals surface area contributed by atoms with Crippen LogP contribution in [-0.2, 0) is 25.2 Å². The monoisotopic (exact) mass is 466 g/mol. The highest BCUT2D eigenvalue weighted by Crippen LogP contribution is 2.42. The van der Waals surface area contributed by atoms with Crippen LogP contribution in [0.2, 0.25) is 0 Å². The summed E-state index contributed by atoms with van der Waals surface area (Å²) in [5.74, 6) is -0.827. The van der Waals surface area contributed by atoms with Crippen molar-refractivity contribution in [2.75, 3.05) is 32.2 Å². The number of nitrogens with zero attached hydrogens (tertiary/aromatic N) is 1. The van der Waals surface area contributed by atoms with Gasteiger partial charge in [0, 0.05) is 19.1 Å². The summed E-state index contributed by atoms with van der Waals surface area (Å²) in [6.45, 7) is -0.126. The first-order valence-corrected chi connectivity index (χ1v) is 10.3. The summed E-state index contributed by atoms with van der Waals surface area (Å²) >= 11 is 1.20. The number of rotatable bonds is 7. The molecule has 2 aromatic carbocycles. The Morgan fingerprint density at radius 2 is 1.78 bits per heavy atom. The zero-order valence-corrected chi connectivity index (χ0v) is 18.1. The van der Waals surface area contributed by atoms with E-state index in [9.17, 15) is 22.8 Å². The molecule has 0 radical (unpaired) electrons. The van der Waals surface area contributed by atoms with Crippen molar-refractivity contribution in [2.45, 2.75) is 17.4 Å². The highest BCUT2D eigenvalue weighted by Gasteiger charge is 2.31. The molecule has 170 valence electrons. The number of carbonyl (C=O) groups excluding carboxylic acids is 2. The summed E-state index contributed by atoms with van der Waals surface area (Å²) in [5.41, 5.74) is 0.259. The van der Waals surface area contributed by atoms with E-state index in [1.807, 2.05) is 6.07 Å².